The number of nitrogens with zero attached hydrogens (tertiary/aromatic N) is 1. The highest BCUT2D eigenvalue weighted by atomic mass is 16.7. The van der Waals surface area contributed by atoms with E-state index in [0.717, 1.165) is 6.08 Å². The molecule has 4 rings (SSSR count). The Kier molecular flexibility index (Phi) is 10.1. The highest BCUT2D eigenvalue weighted by Crippen LogP contribution is 2.30. The molecule has 6 N–H and O–H groups in total. The molecule has 9 atom stereocenters. The summed E-state index contributed by atoms with van der Waals surface area (Å²) in [5.41, 5.74) is -0.898. The fraction of sp³-hybridized carbons (Fsp3) is 0.429. The molecule has 13 nitrogen and oxygen atoms in total. The van der Waals surface area contributed by atoms with Gasteiger partial charge in [0.15, 0.2) is 24.3 Å². The summed E-state index contributed by atoms with van der Waals surface area (Å²) >= 11 is 0. The lowest BCUT2D eigenvalue weighted by Crippen LogP contribution is -2.59. The Morgan fingerprint density at radius 3 is 2.44 bits per heavy atom. The summed E-state index contributed by atoms with van der Waals surface area (Å²) in [6.07, 6.45) is -9.48. The molecule has 0 spiro atoms. The number of hydrogen-bond acceptors (Lipinski definition) is 13. The second-order valence-electron chi connectivity index (χ2n) is 9.66. The number of esters is 1. The third kappa shape index (κ3) is 7.46. The predicted octanol–water partition coefficient (Wildman–Crippen LogP) is -0.497. The van der Waals surface area contributed by atoms with Crippen molar-refractivity contribution in [1.29, 1.82) is 5.26 Å². The zero-order valence-electron chi connectivity index (χ0n) is 21.7. The summed E-state index contributed by atoms with van der Waals surface area (Å²) in [5, 5.41) is 71.3. The number of aromatic hydroxyl groups is 1. The monoisotopic (exact) mass is 573 g/mol. The normalized spacial score (nSPS) is 32.4. The number of phenols is 1. The number of hydrogen-bond donors (Lipinski definition) is 6. The Morgan fingerprint density at radius 1 is 1.05 bits per heavy atom. The van der Waals surface area contributed by atoms with E-state index in [-0.39, 0.29) is 5.75 Å². The van der Waals surface area contributed by atoms with Crippen LogP contribution in [0.25, 0.3) is 6.08 Å². The number of carbonyl (C=O) groups excluding carboxylic acids is 1. The first-order valence-electron chi connectivity index (χ1n) is 12.7. The van der Waals surface area contributed by atoms with Gasteiger partial charge >= 0.3 is 5.97 Å². The molecule has 0 bridgehead atoms. The number of ether oxygens (including phenoxy) is 5. The van der Waals surface area contributed by atoms with Crippen molar-refractivity contribution >= 4 is 12.0 Å². The molecule has 0 amide bonds. The van der Waals surface area contributed by atoms with Gasteiger partial charge in [0.1, 0.15) is 42.9 Å². The molecule has 2 saturated heterocycles. The van der Waals surface area contributed by atoms with E-state index in [9.17, 15) is 40.7 Å². The number of aliphatic hydroxyl groups excluding tert-OH is 4. The van der Waals surface area contributed by atoms with Gasteiger partial charge in [-0.25, -0.2) is 4.79 Å². The zero-order valence-corrected chi connectivity index (χ0v) is 21.7. The molecule has 2 aromatic carbocycles. The largest absolute Gasteiger partial charge is 0.508 e. The van der Waals surface area contributed by atoms with Crippen LogP contribution in [0.5, 0.6) is 5.75 Å². The molecule has 2 aliphatic rings. The standard InChI is InChI=1S/C28H31NO12/c29-12-19(17-4-2-1-3-5-17)40-26-24(34)23(33)22(32)20(41-26)13-37-27-25(35)28(36,15-39-27)14-38-21(31)11-8-16-6-9-18(30)10-7-16/h1-11,19-20,22-27,30,32-36H,13-15H2. The van der Waals surface area contributed by atoms with E-state index >= 15 is 0 Å². The molecule has 0 radical (unpaired) electrons. The van der Waals surface area contributed by atoms with E-state index in [1.54, 1.807) is 42.5 Å². The van der Waals surface area contributed by atoms with E-state index in [1.807, 2.05) is 6.07 Å². The predicted molar refractivity (Wildman–Crippen MR) is 137 cm³/mol. The summed E-state index contributed by atoms with van der Waals surface area (Å²) in [6, 6.07) is 16.4. The summed E-state index contributed by atoms with van der Waals surface area (Å²) < 4.78 is 27.0. The van der Waals surface area contributed by atoms with Gasteiger partial charge in [0.05, 0.1) is 19.3 Å². The molecule has 2 aromatic rings. The van der Waals surface area contributed by atoms with Crippen molar-refractivity contribution < 1.29 is 59.1 Å². The van der Waals surface area contributed by atoms with Gasteiger partial charge in [0.2, 0.25) is 0 Å². The van der Waals surface area contributed by atoms with E-state index in [0.29, 0.717) is 11.1 Å². The molecular weight excluding hydrogens is 542 g/mol. The van der Waals surface area contributed by atoms with Gasteiger partial charge < -0.3 is 54.3 Å². The molecule has 0 saturated carbocycles. The highest BCUT2D eigenvalue weighted by molar-refractivity contribution is 5.87. The van der Waals surface area contributed by atoms with Crippen LogP contribution in [0, 0.1) is 11.3 Å². The molecule has 220 valence electrons. The smallest absolute Gasteiger partial charge is 0.330 e. The molecule has 2 heterocycles. The van der Waals surface area contributed by atoms with Crippen LogP contribution in [0.1, 0.15) is 17.2 Å². The van der Waals surface area contributed by atoms with Crippen LogP contribution in [-0.4, -0.2) is 105 Å². The Labute approximate surface area is 235 Å². The lowest BCUT2D eigenvalue weighted by Gasteiger charge is -2.41. The molecule has 13 heteroatoms. The number of aliphatic hydroxyl groups is 5. The second kappa shape index (κ2) is 13.5. The van der Waals surface area contributed by atoms with Gasteiger partial charge in [-0.2, -0.15) is 5.26 Å². The lowest BCUT2D eigenvalue weighted by atomic mass is 9.99. The summed E-state index contributed by atoms with van der Waals surface area (Å²) in [4.78, 5) is 12.1. The molecule has 0 aliphatic carbocycles. The van der Waals surface area contributed by atoms with E-state index in [2.05, 4.69) is 0 Å². The van der Waals surface area contributed by atoms with Crippen molar-refractivity contribution in [3.63, 3.8) is 0 Å². The Bertz CT molecular complexity index is 1220. The Hall–Kier alpha value is -3.42. The van der Waals surface area contributed by atoms with Crippen molar-refractivity contribution in [2.75, 3.05) is 19.8 Å². The Balaban J connectivity index is 1.29. The average molecular weight is 574 g/mol. The third-order valence-electron chi connectivity index (χ3n) is 6.66. The second-order valence-corrected chi connectivity index (χ2v) is 9.66. The number of carbonyl (C=O) groups is 1. The van der Waals surface area contributed by atoms with Gasteiger partial charge in [0, 0.05) is 6.08 Å². The van der Waals surface area contributed by atoms with Crippen molar-refractivity contribution in [2.45, 2.75) is 54.8 Å². The molecular formula is C28H31NO12. The fourth-order valence-corrected chi connectivity index (χ4v) is 4.22. The van der Waals surface area contributed by atoms with Gasteiger partial charge in [-0.1, -0.05) is 42.5 Å². The zero-order chi connectivity index (χ0) is 29.6. The van der Waals surface area contributed by atoms with Gasteiger partial charge in [0.25, 0.3) is 0 Å². The van der Waals surface area contributed by atoms with Crippen molar-refractivity contribution in [3.05, 3.63) is 71.8 Å². The van der Waals surface area contributed by atoms with Crippen LogP contribution in [-0.2, 0) is 28.5 Å². The SMILES string of the molecule is N#CC(OC1OC(COC2OCC(O)(COC(=O)C=Cc3ccc(O)cc3)C2O)C(O)C(O)C1O)c1ccccc1. The topological polar surface area (TPSA) is 208 Å². The van der Waals surface area contributed by atoms with Gasteiger partial charge in [-0.3, -0.25) is 0 Å². The number of phenolic OH excluding ortho intramolecular Hbond substituents is 1. The fourth-order valence-electron chi connectivity index (χ4n) is 4.22. The summed E-state index contributed by atoms with van der Waals surface area (Å²) in [7, 11) is 0. The number of nitriles is 1. The van der Waals surface area contributed by atoms with E-state index in [4.69, 9.17) is 23.7 Å². The third-order valence-corrected chi connectivity index (χ3v) is 6.66. The first-order chi connectivity index (χ1) is 19.6. The summed E-state index contributed by atoms with van der Waals surface area (Å²) in [5.74, 6) is -0.729. The molecule has 2 aliphatic heterocycles. The number of rotatable bonds is 10. The number of benzene rings is 2. The maximum Gasteiger partial charge on any atom is 0.330 e. The van der Waals surface area contributed by atoms with Crippen molar-refractivity contribution in [1.82, 2.24) is 0 Å². The molecule has 2 fully saturated rings. The first kappa shape index (κ1) is 30.5. The maximum atomic E-state index is 12.1. The van der Waals surface area contributed by atoms with E-state index in [1.165, 1.54) is 18.2 Å². The van der Waals surface area contributed by atoms with E-state index < -0.39 is 80.6 Å². The van der Waals surface area contributed by atoms with Crippen LogP contribution < -0.4 is 0 Å². The lowest BCUT2D eigenvalue weighted by molar-refractivity contribution is -0.315. The first-order valence-corrected chi connectivity index (χ1v) is 12.7. The van der Waals surface area contributed by atoms with Gasteiger partial charge in [-0.05, 0) is 29.3 Å². The minimum atomic E-state index is -2.00. The van der Waals surface area contributed by atoms with Crippen molar-refractivity contribution in [2.24, 2.45) is 0 Å². The maximum absolute atomic E-state index is 12.1. The molecule has 41 heavy (non-hydrogen) atoms. The minimum absolute atomic E-state index is 0.0705. The minimum Gasteiger partial charge on any atom is -0.508 e. The van der Waals surface area contributed by atoms with Crippen LogP contribution in [0.3, 0.4) is 0 Å². The Morgan fingerprint density at radius 2 is 1.76 bits per heavy atom. The van der Waals surface area contributed by atoms with Gasteiger partial charge in [-0.15, -0.1) is 0 Å². The van der Waals surface area contributed by atoms with Crippen LogP contribution >= 0.6 is 0 Å². The highest BCUT2D eigenvalue weighted by Gasteiger charge is 2.51. The summed E-state index contributed by atoms with van der Waals surface area (Å²) in [6.45, 7) is -1.54. The van der Waals surface area contributed by atoms with Crippen LogP contribution in [0.2, 0.25) is 0 Å². The average Bonchev–Trinajstić information content (AvgIpc) is 3.27. The quantitative estimate of drug-likeness (QED) is 0.157. The van der Waals surface area contributed by atoms with Crippen LogP contribution in [0.4, 0.5) is 0 Å². The molecule has 9 unspecified atom stereocenters. The van der Waals surface area contributed by atoms with Crippen molar-refractivity contribution in [3.8, 4) is 11.8 Å². The van der Waals surface area contributed by atoms with Crippen LogP contribution in [0.15, 0.2) is 60.7 Å². The molecule has 0 aromatic heterocycles.